The van der Waals surface area contributed by atoms with Gasteiger partial charge in [-0.05, 0) is 48.7 Å². The molecule has 0 aliphatic carbocycles. The minimum atomic E-state index is -5.58. The van der Waals surface area contributed by atoms with Gasteiger partial charge in [-0.15, -0.1) is 0 Å². The molecule has 7 nitrogen and oxygen atoms in total. The van der Waals surface area contributed by atoms with Crippen molar-refractivity contribution in [2.75, 3.05) is 11.9 Å². The van der Waals surface area contributed by atoms with E-state index in [1.807, 2.05) is 19.2 Å². The summed E-state index contributed by atoms with van der Waals surface area (Å²) in [4.78, 5) is 26.8. The summed E-state index contributed by atoms with van der Waals surface area (Å²) < 4.78 is 89.1. The molecule has 0 spiro atoms. The third-order valence-electron chi connectivity index (χ3n) is 5.28. The van der Waals surface area contributed by atoms with E-state index in [9.17, 15) is 35.9 Å². The second kappa shape index (κ2) is 10.3. The van der Waals surface area contributed by atoms with Crippen molar-refractivity contribution < 1.29 is 45.8 Å². The zero-order valence-electron chi connectivity index (χ0n) is 19.8. The number of hydrogen-bond donors (Lipinski definition) is 4. The first kappa shape index (κ1) is 27.8. The van der Waals surface area contributed by atoms with Crippen LogP contribution < -0.4 is 15.4 Å². The summed E-state index contributed by atoms with van der Waals surface area (Å²) in [6.07, 6.45) is -10.5. The van der Waals surface area contributed by atoms with Crippen LogP contribution in [0.25, 0.3) is 10.9 Å². The quantitative estimate of drug-likeness (QED) is 0.247. The molecule has 0 radical (unpaired) electrons. The Morgan fingerprint density at radius 3 is 2.19 bits per heavy atom. The Labute approximate surface area is 206 Å². The Morgan fingerprint density at radius 1 is 0.973 bits per heavy atom. The number of carbonyl (C=O) groups excluding carboxylic acids is 2. The maximum Gasteiger partial charge on any atom is 0.420 e. The van der Waals surface area contributed by atoms with Gasteiger partial charge >= 0.3 is 24.2 Å². The van der Waals surface area contributed by atoms with Gasteiger partial charge in [0.05, 0.1) is 17.4 Å². The van der Waals surface area contributed by atoms with Gasteiger partial charge in [-0.25, -0.2) is 0 Å². The fourth-order valence-corrected chi connectivity index (χ4v) is 3.64. The number of benzene rings is 2. The molecule has 2 aromatic carbocycles. The van der Waals surface area contributed by atoms with Crippen LogP contribution in [0, 0.1) is 0 Å². The topological polar surface area (TPSA) is 103 Å². The number of rotatable bonds is 6. The summed E-state index contributed by atoms with van der Waals surface area (Å²) in [5.74, 6) is -4.32. The van der Waals surface area contributed by atoms with Crippen LogP contribution in [0.3, 0.4) is 0 Å². The highest BCUT2D eigenvalue weighted by atomic mass is 19.4. The fourth-order valence-electron chi connectivity index (χ4n) is 3.64. The number of H-pyrrole nitrogens is 1. The van der Waals surface area contributed by atoms with Crippen LogP contribution in [0.2, 0.25) is 0 Å². The van der Waals surface area contributed by atoms with E-state index in [-0.39, 0.29) is 11.7 Å². The lowest BCUT2D eigenvalue weighted by molar-refractivity contribution is -0.162. The first-order valence-corrected chi connectivity index (χ1v) is 11.0. The Hall–Kier alpha value is -3.74. The predicted molar refractivity (Wildman–Crippen MR) is 122 cm³/mol. The van der Waals surface area contributed by atoms with Crippen LogP contribution in [0.1, 0.15) is 43.4 Å². The number of nitrogens with one attached hydrogen (secondary N) is 3. The maximum absolute atomic E-state index is 14.0. The van der Waals surface area contributed by atoms with E-state index < -0.39 is 59.4 Å². The lowest BCUT2D eigenvalue weighted by atomic mass is 10.0. The number of halogens is 6. The number of aromatic amines is 1. The number of ether oxygens (including phenoxy) is 1. The van der Waals surface area contributed by atoms with Crippen molar-refractivity contribution in [1.29, 1.82) is 0 Å². The maximum atomic E-state index is 14.0. The number of amides is 2. The van der Waals surface area contributed by atoms with Crippen LogP contribution in [-0.2, 0) is 21.9 Å². The number of aromatic nitrogens is 1. The Balaban J connectivity index is 2.07. The van der Waals surface area contributed by atoms with Crippen LogP contribution in [0.15, 0.2) is 36.5 Å². The smallest absolute Gasteiger partial charge is 0.420 e. The van der Waals surface area contributed by atoms with Gasteiger partial charge in [-0.1, -0.05) is 13.8 Å². The first-order chi connectivity index (χ1) is 17.1. The zero-order valence-corrected chi connectivity index (χ0v) is 19.8. The van der Waals surface area contributed by atoms with Crippen molar-refractivity contribution in [3.63, 3.8) is 0 Å². The monoisotopic (exact) mass is 531 g/mol. The molecule has 1 heterocycles. The lowest BCUT2D eigenvalue weighted by Crippen LogP contribution is -2.39. The molecule has 1 unspecified atom stereocenters. The van der Waals surface area contributed by atoms with Gasteiger partial charge in [0, 0.05) is 23.6 Å². The van der Waals surface area contributed by atoms with Crippen molar-refractivity contribution in [3.05, 3.63) is 53.2 Å². The molecule has 0 aliphatic rings. The highest BCUT2D eigenvalue weighted by molar-refractivity contribution is 6.39. The van der Waals surface area contributed by atoms with Crippen LogP contribution >= 0.6 is 0 Å². The standard InChI is InChI=1S/C24H23F6N3O4/c1-11(2)15-10-31-16-5-4-13(8-14(15)16)37-18-7-6-17(33-22(36)21(35)32-9-12(3)34)19(23(25,26)27)20(18)24(28,29)30/h4-8,10-12,31,34H,9H2,1-3H3,(H,32,35)(H,33,36). The molecule has 3 aromatic rings. The summed E-state index contributed by atoms with van der Waals surface area (Å²) in [5, 5.41) is 13.3. The van der Waals surface area contributed by atoms with E-state index in [0.29, 0.717) is 23.0 Å². The number of anilines is 1. The number of alkyl halides is 6. The molecule has 2 amide bonds. The number of carbonyl (C=O) groups is 2. The van der Waals surface area contributed by atoms with Gasteiger partial charge in [0.25, 0.3) is 0 Å². The summed E-state index contributed by atoms with van der Waals surface area (Å²) in [5.41, 5.74) is -4.18. The molecule has 0 bridgehead atoms. The number of hydrogen-bond acceptors (Lipinski definition) is 4. The van der Waals surface area contributed by atoms with Gasteiger partial charge in [0.2, 0.25) is 0 Å². The predicted octanol–water partition coefficient (Wildman–Crippen LogP) is 5.56. The van der Waals surface area contributed by atoms with Crippen molar-refractivity contribution in [2.24, 2.45) is 0 Å². The number of aliphatic hydroxyl groups excluding tert-OH is 1. The minimum Gasteiger partial charge on any atom is -0.457 e. The second-order valence-corrected chi connectivity index (χ2v) is 8.58. The summed E-state index contributed by atoms with van der Waals surface area (Å²) in [7, 11) is 0. The highest BCUT2D eigenvalue weighted by Gasteiger charge is 2.48. The molecular weight excluding hydrogens is 508 g/mol. The molecule has 1 aromatic heterocycles. The summed E-state index contributed by atoms with van der Waals surface area (Å²) in [6, 6.07) is 5.44. The molecule has 0 aliphatic heterocycles. The Bertz CT molecular complexity index is 1310. The molecule has 0 fully saturated rings. The Kier molecular flexibility index (Phi) is 7.77. The molecule has 0 saturated heterocycles. The molecule has 200 valence electrons. The Morgan fingerprint density at radius 2 is 1.62 bits per heavy atom. The SMILES string of the molecule is CC(O)CNC(=O)C(=O)Nc1ccc(Oc2ccc3[nH]cc(C(C)C)c3c2)c(C(F)(F)F)c1C(F)(F)F. The lowest BCUT2D eigenvalue weighted by Gasteiger charge is -2.22. The highest BCUT2D eigenvalue weighted by Crippen LogP contribution is 2.49. The molecule has 3 rings (SSSR count). The van der Waals surface area contributed by atoms with Crippen LogP contribution in [0.5, 0.6) is 11.5 Å². The average Bonchev–Trinajstić information content (AvgIpc) is 3.20. The van der Waals surface area contributed by atoms with Gasteiger partial charge < -0.3 is 25.5 Å². The van der Waals surface area contributed by atoms with Crippen molar-refractivity contribution in [3.8, 4) is 11.5 Å². The fraction of sp³-hybridized carbons (Fsp3) is 0.333. The molecule has 0 saturated carbocycles. The molecular formula is C24H23F6N3O4. The van der Waals surface area contributed by atoms with E-state index in [2.05, 4.69) is 4.98 Å². The molecule has 1 atom stereocenters. The van der Waals surface area contributed by atoms with Crippen molar-refractivity contribution in [2.45, 2.75) is 45.1 Å². The molecule has 4 N–H and O–H groups in total. The van der Waals surface area contributed by atoms with Gasteiger partial charge in [-0.2, -0.15) is 26.3 Å². The minimum absolute atomic E-state index is 0.0484. The van der Waals surface area contributed by atoms with Crippen molar-refractivity contribution >= 4 is 28.4 Å². The first-order valence-electron chi connectivity index (χ1n) is 11.0. The average molecular weight is 531 g/mol. The third-order valence-corrected chi connectivity index (χ3v) is 5.28. The van der Waals surface area contributed by atoms with Crippen molar-refractivity contribution in [1.82, 2.24) is 10.3 Å². The van der Waals surface area contributed by atoms with E-state index in [4.69, 9.17) is 9.84 Å². The third kappa shape index (κ3) is 6.34. The zero-order chi connectivity index (χ0) is 27.7. The second-order valence-electron chi connectivity index (χ2n) is 8.58. The van der Waals surface area contributed by atoms with Gasteiger partial charge in [0.1, 0.15) is 17.1 Å². The van der Waals surface area contributed by atoms with Crippen LogP contribution in [0.4, 0.5) is 32.0 Å². The number of fused-ring (bicyclic) bond motifs is 1. The van der Waals surface area contributed by atoms with E-state index in [0.717, 1.165) is 5.56 Å². The molecule has 13 heteroatoms. The van der Waals surface area contributed by atoms with E-state index >= 15 is 0 Å². The van der Waals surface area contributed by atoms with Gasteiger partial charge in [-0.3, -0.25) is 9.59 Å². The normalized spacial score (nSPS) is 13.1. The number of aliphatic hydroxyl groups is 1. The van der Waals surface area contributed by atoms with E-state index in [1.165, 1.54) is 25.1 Å². The summed E-state index contributed by atoms with van der Waals surface area (Å²) >= 11 is 0. The summed E-state index contributed by atoms with van der Waals surface area (Å²) in [6.45, 7) is 4.66. The van der Waals surface area contributed by atoms with E-state index in [1.54, 1.807) is 11.5 Å². The molecule has 37 heavy (non-hydrogen) atoms. The largest absolute Gasteiger partial charge is 0.457 e. The van der Waals surface area contributed by atoms with Gasteiger partial charge in [0.15, 0.2) is 0 Å². The van der Waals surface area contributed by atoms with Crippen LogP contribution in [-0.4, -0.2) is 34.6 Å².